The van der Waals surface area contributed by atoms with Crippen LogP contribution >= 0.6 is 15.9 Å². The fourth-order valence-corrected chi connectivity index (χ4v) is 3.66. The number of oxime groups is 1. The van der Waals surface area contributed by atoms with Gasteiger partial charge in [-0.15, -0.1) is 0 Å². The molecule has 0 unspecified atom stereocenters. The average molecular weight is 366 g/mol. The Balaban J connectivity index is 1.47. The lowest BCUT2D eigenvalue weighted by molar-refractivity contribution is 0.0127. The van der Waals surface area contributed by atoms with Gasteiger partial charge in [-0.3, -0.25) is 4.90 Å². The second-order valence-corrected chi connectivity index (χ2v) is 7.41. The van der Waals surface area contributed by atoms with Crippen LogP contribution in [0.25, 0.3) is 0 Å². The summed E-state index contributed by atoms with van der Waals surface area (Å²) in [4.78, 5) is 10.2. The summed E-state index contributed by atoms with van der Waals surface area (Å²) in [7, 11) is 4.15. The van der Waals surface area contributed by atoms with Crippen LogP contribution in [0.2, 0.25) is 0 Å². The highest BCUT2D eigenvalue weighted by Gasteiger charge is 2.31. The molecule has 1 fully saturated rings. The van der Waals surface area contributed by atoms with E-state index in [4.69, 9.17) is 4.84 Å². The average Bonchev–Trinajstić information content (AvgIpc) is 2.95. The summed E-state index contributed by atoms with van der Waals surface area (Å²) in [5, 5.41) is 4.02. The number of nitrogens with zero attached hydrogens (tertiary/aromatic N) is 3. The maximum atomic E-state index is 5.51. The van der Waals surface area contributed by atoms with Gasteiger partial charge in [-0.1, -0.05) is 17.3 Å². The van der Waals surface area contributed by atoms with Gasteiger partial charge in [-0.25, -0.2) is 0 Å². The van der Waals surface area contributed by atoms with Crippen molar-refractivity contribution in [2.45, 2.75) is 31.9 Å². The highest BCUT2D eigenvalue weighted by Crippen LogP contribution is 2.29. The zero-order valence-electron chi connectivity index (χ0n) is 13.3. The third-order valence-corrected chi connectivity index (χ3v) is 5.14. The maximum absolute atomic E-state index is 5.51. The summed E-state index contributed by atoms with van der Waals surface area (Å²) in [5.74, 6) is 0.645. The third kappa shape index (κ3) is 3.82. The van der Waals surface area contributed by atoms with E-state index in [1.807, 2.05) is 0 Å². The van der Waals surface area contributed by atoms with Gasteiger partial charge in [0, 0.05) is 38.7 Å². The Labute approximate surface area is 141 Å². The number of likely N-dealkylation sites (tertiary alicyclic amines) is 1. The molecule has 1 saturated heterocycles. The molecular weight excluding hydrogens is 342 g/mol. The van der Waals surface area contributed by atoms with E-state index in [2.05, 4.69) is 69.2 Å². The molecule has 0 spiro atoms. The van der Waals surface area contributed by atoms with E-state index in [1.54, 1.807) is 0 Å². The fraction of sp³-hybridized carbons (Fsp3) is 0.588. The number of hydrogen-bond acceptors (Lipinski definition) is 4. The predicted octanol–water partition coefficient (Wildman–Crippen LogP) is 3.46. The van der Waals surface area contributed by atoms with Crippen molar-refractivity contribution in [2.24, 2.45) is 11.1 Å². The molecule has 22 heavy (non-hydrogen) atoms. The first-order chi connectivity index (χ1) is 10.6. The Kier molecular flexibility index (Phi) is 5.03. The highest BCUT2D eigenvalue weighted by atomic mass is 79.9. The van der Waals surface area contributed by atoms with Crippen LogP contribution in [0.1, 0.15) is 24.8 Å². The van der Waals surface area contributed by atoms with E-state index in [0.29, 0.717) is 5.92 Å². The van der Waals surface area contributed by atoms with Crippen LogP contribution in [0, 0.1) is 5.92 Å². The zero-order chi connectivity index (χ0) is 15.5. The lowest BCUT2D eigenvalue weighted by atomic mass is 9.90. The van der Waals surface area contributed by atoms with Crippen molar-refractivity contribution in [2.75, 3.05) is 32.1 Å². The largest absolute Gasteiger partial charge is 0.391 e. The van der Waals surface area contributed by atoms with Gasteiger partial charge in [-0.05, 0) is 59.6 Å². The van der Waals surface area contributed by atoms with Crippen LogP contribution in [-0.2, 0) is 11.4 Å². The molecule has 2 heterocycles. The summed E-state index contributed by atoms with van der Waals surface area (Å²) in [6.45, 7) is 3.35. The number of benzene rings is 1. The molecule has 4 nitrogen and oxygen atoms in total. The first-order valence-corrected chi connectivity index (χ1v) is 8.78. The minimum absolute atomic E-state index is 0.288. The van der Waals surface area contributed by atoms with Gasteiger partial charge in [0.25, 0.3) is 0 Å². The molecule has 0 N–H and O–H groups in total. The second kappa shape index (κ2) is 7.01. The van der Waals surface area contributed by atoms with Crippen molar-refractivity contribution >= 4 is 26.2 Å². The summed E-state index contributed by atoms with van der Waals surface area (Å²) in [6, 6.07) is 8.88. The van der Waals surface area contributed by atoms with Crippen molar-refractivity contribution in [1.29, 1.82) is 0 Å². The Bertz CT molecular complexity index is 521. The standard InChI is InChI=1S/C17H24BrN3O/c1-20(2)15-5-3-13(4-6-15)12-21-9-7-14(8-10-21)16-11-17(18)19-22-16/h3-6,14,16H,7-12H2,1-2H3/t16-/m1/s1. The van der Waals surface area contributed by atoms with Crippen molar-refractivity contribution in [3.63, 3.8) is 0 Å². The molecule has 0 saturated carbocycles. The van der Waals surface area contributed by atoms with E-state index >= 15 is 0 Å². The van der Waals surface area contributed by atoms with Crippen LogP contribution in [0.4, 0.5) is 5.69 Å². The normalized spacial score (nSPS) is 23.2. The minimum atomic E-state index is 0.288. The van der Waals surface area contributed by atoms with E-state index < -0.39 is 0 Å². The molecule has 0 aromatic heterocycles. The Morgan fingerprint density at radius 3 is 2.45 bits per heavy atom. The lowest BCUT2D eigenvalue weighted by Gasteiger charge is -2.33. The number of hydrogen-bond donors (Lipinski definition) is 0. The van der Waals surface area contributed by atoms with Crippen LogP contribution in [0.15, 0.2) is 29.4 Å². The van der Waals surface area contributed by atoms with Crippen molar-refractivity contribution in [3.05, 3.63) is 29.8 Å². The van der Waals surface area contributed by atoms with Gasteiger partial charge in [0.1, 0.15) is 10.7 Å². The summed E-state index contributed by atoms with van der Waals surface area (Å²) in [5.41, 5.74) is 2.65. The number of rotatable bonds is 4. The Hall–Kier alpha value is -1.07. The first kappa shape index (κ1) is 15.8. The summed E-state index contributed by atoms with van der Waals surface area (Å²) >= 11 is 3.43. The Morgan fingerprint density at radius 2 is 1.91 bits per heavy atom. The second-order valence-electron chi connectivity index (χ2n) is 6.49. The molecule has 5 heteroatoms. The van der Waals surface area contributed by atoms with E-state index in [0.717, 1.165) is 30.7 Å². The van der Waals surface area contributed by atoms with Crippen LogP contribution < -0.4 is 4.90 Å². The van der Waals surface area contributed by atoms with Gasteiger partial charge in [0.15, 0.2) is 0 Å². The van der Waals surface area contributed by atoms with Crippen molar-refractivity contribution in [1.82, 2.24) is 4.90 Å². The number of halogens is 1. The molecule has 1 atom stereocenters. The third-order valence-electron chi connectivity index (χ3n) is 4.67. The van der Waals surface area contributed by atoms with Gasteiger partial charge in [-0.2, -0.15) is 0 Å². The fourth-order valence-electron chi connectivity index (χ4n) is 3.26. The van der Waals surface area contributed by atoms with E-state index in [9.17, 15) is 0 Å². The quantitative estimate of drug-likeness (QED) is 0.817. The molecule has 1 aromatic rings. The van der Waals surface area contributed by atoms with Gasteiger partial charge in [0.05, 0.1) is 0 Å². The molecule has 2 aliphatic rings. The molecule has 2 aliphatic heterocycles. The van der Waals surface area contributed by atoms with Crippen molar-refractivity contribution in [3.8, 4) is 0 Å². The molecule has 0 radical (unpaired) electrons. The maximum Gasteiger partial charge on any atom is 0.136 e. The molecule has 0 aliphatic carbocycles. The minimum Gasteiger partial charge on any atom is -0.391 e. The van der Waals surface area contributed by atoms with Crippen molar-refractivity contribution < 1.29 is 4.84 Å². The van der Waals surface area contributed by atoms with Gasteiger partial charge in [0.2, 0.25) is 0 Å². The highest BCUT2D eigenvalue weighted by molar-refractivity contribution is 9.18. The molecular formula is C17H24BrN3O. The SMILES string of the molecule is CN(C)c1ccc(CN2CCC([C@H]3CC(Br)=NO3)CC2)cc1. The summed E-state index contributed by atoms with van der Waals surface area (Å²) in [6.07, 6.45) is 3.64. The van der Waals surface area contributed by atoms with E-state index in [-0.39, 0.29) is 6.10 Å². The van der Waals surface area contributed by atoms with E-state index in [1.165, 1.54) is 24.1 Å². The first-order valence-electron chi connectivity index (χ1n) is 7.98. The topological polar surface area (TPSA) is 28.1 Å². The number of piperidine rings is 1. The molecule has 0 amide bonds. The molecule has 1 aromatic carbocycles. The number of anilines is 1. The zero-order valence-corrected chi connectivity index (χ0v) is 14.9. The monoisotopic (exact) mass is 365 g/mol. The Morgan fingerprint density at radius 1 is 1.23 bits per heavy atom. The van der Waals surface area contributed by atoms with Crippen LogP contribution in [0.3, 0.4) is 0 Å². The smallest absolute Gasteiger partial charge is 0.136 e. The van der Waals surface area contributed by atoms with Gasteiger partial charge < -0.3 is 9.74 Å². The van der Waals surface area contributed by atoms with Gasteiger partial charge >= 0.3 is 0 Å². The lowest BCUT2D eigenvalue weighted by Crippen LogP contribution is -2.37. The molecule has 120 valence electrons. The predicted molar refractivity (Wildman–Crippen MR) is 94.6 cm³/mol. The molecule has 3 rings (SSSR count). The van der Waals surface area contributed by atoms with Crippen LogP contribution in [-0.4, -0.2) is 42.8 Å². The summed E-state index contributed by atoms with van der Waals surface area (Å²) < 4.78 is 0.959. The molecule has 0 bridgehead atoms. The van der Waals surface area contributed by atoms with Crippen LogP contribution in [0.5, 0.6) is 0 Å².